The summed E-state index contributed by atoms with van der Waals surface area (Å²) in [5.41, 5.74) is 2.24. The first-order chi connectivity index (χ1) is 14.6. The Kier molecular flexibility index (Phi) is 10.1. The monoisotopic (exact) mass is 412 g/mol. The molecule has 1 amide bonds. The maximum absolute atomic E-state index is 11.5. The normalized spacial score (nSPS) is 11.0. The molecule has 0 unspecified atom stereocenters. The van der Waals surface area contributed by atoms with Crippen molar-refractivity contribution in [3.05, 3.63) is 59.7 Å². The highest BCUT2D eigenvalue weighted by atomic mass is 16.5. The van der Waals surface area contributed by atoms with Crippen LogP contribution < -0.4 is 25.4 Å². The first-order valence-corrected chi connectivity index (χ1v) is 10.3. The van der Waals surface area contributed by atoms with E-state index in [0.717, 1.165) is 36.8 Å². The zero-order chi connectivity index (χ0) is 21.6. The van der Waals surface area contributed by atoms with E-state index in [1.165, 1.54) is 5.56 Å². The van der Waals surface area contributed by atoms with Crippen LogP contribution in [0.3, 0.4) is 0 Å². The summed E-state index contributed by atoms with van der Waals surface area (Å²) in [5.74, 6) is 2.15. The van der Waals surface area contributed by atoms with Crippen molar-refractivity contribution in [2.45, 2.75) is 26.8 Å². The Morgan fingerprint density at radius 1 is 0.933 bits per heavy atom. The van der Waals surface area contributed by atoms with Gasteiger partial charge in [0.15, 0.2) is 12.6 Å². The summed E-state index contributed by atoms with van der Waals surface area (Å²) in [6, 6.07) is 15.7. The van der Waals surface area contributed by atoms with Crippen LogP contribution in [0.1, 0.15) is 25.0 Å². The lowest BCUT2D eigenvalue weighted by molar-refractivity contribution is -0.122. The molecule has 0 aliphatic heterocycles. The van der Waals surface area contributed by atoms with Crippen LogP contribution in [0, 0.1) is 0 Å². The van der Waals surface area contributed by atoms with E-state index >= 15 is 0 Å². The maximum atomic E-state index is 11.5. The lowest BCUT2D eigenvalue weighted by Crippen LogP contribution is -2.38. The molecule has 0 saturated carbocycles. The molecule has 2 aromatic carbocycles. The van der Waals surface area contributed by atoms with Crippen LogP contribution in [-0.4, -0.2) is 45.2 Å². The smallest absolute Gasteiger partial charge is 0.257 e. The molecule has 0 radical (unpaired) electrons. The highest BCUT2D eigenvalue weighted by Crippen LogP contribution is 2.14. The molecular formula is C23H32N4O3. The highest BCUT2D eigenvalue weighted by Gasteiger charge is 2.03. The minimum absolute atomic E-state index is 0.0100. The van der Waals surface area contributed by atoms with Crippen LogP contribution in [0.5, 0.6) is 11.5 Å². The standard InChI is InChI=1S/C23H32N4O3/c1-4-24-22(28)17-30-21-8-6-7-19(15-21)16-27-23(25-5-2)26-14-13-18-9-11-20(29-3)12-10-18/h6-12,15H,4-5,13-14,16-17H2,1-3H3,(H,24,28)(H2,25,26,27). The molecule has 0 aliphatic carbocycles. The largest absolute Gasteiger partial charge is 0.497 e. The molecule has 0 fully saturated rings. The van der Waals surface area contributed by atoms with Gasteiger partial charge in [0, 0.05) is 19.6 Å². The lowest BCUT2D eigenvalue weighted by atomic mass is 10.1. The molecule has 0 aromatic heterocycles. The number of guanidine groups is 1. The summed E-state index contributed by atoms with van der Waals surface area (Å²) in [6.07, 6.45) is 0.886. The Morgan fingerprint density at radius 3 is 2.40 bits per heavy atom. The van der Waals surface area contributed by atoms with Crippen molar-refractivity contribution in [1.29, 1.82) is 0 Å². The fourth-order valence-corrected chi connectivity index (χ4v) is 2.76. The SMILES string of the molecule is CCNC(=O)COc1cccc(CN=C(NCC)NCCc2ccc(OC)cc2)c1. The molecule has 0 aliphatic rings. The van der Waals surface area contributed by atoms with Crippen molar-refractivity contribution in [3.63, 3.8) is 0 Å². The zero-order valence-corrected chi connectivity index (χ0v) is 18.0. The van der Waals surface area contributed by atoms with E-state index in [0.29, 0.717) is 18.8 Å². The van der Waals surface area contributed by atoms with Crippen LogP contribution in [-0.2, 0) is 17.8 Å². The number of ether oxygens (including phenoxy) is 2. The summed E-state index contributed by atoms with van der Waals surface area (Å²) in [4.78, 5) is 16.2. The van der Waals surface area contributed by atoms with Gasteiger partial charge in [-0.3, -0.25) is 4.79 Å². The number of methoxy groups -OCH3 is 1. The number of carbonyl (C=O) groups is 1. The molecular weight excluding hydrogens is 380 g/mol. The Morgan fingerprint density at radius 2 is 1.70 bits per heavy atom. The van der Waals surface area contributed by atoms with Crippen LogP contribution in [0.15, 0.2) is 53.5 Å². The van der Waals surface area contributed by atoms with Crippen molar-refractivity contribution in [2.75, 3.05) is 33.4 Å². The molecule has 2 aromatic rings. The van der Waals surface area contributed by atoms with Gasteiger partial charge >= 0.3 is 0 Å². The summed E-state index contributed by atoms with van der Waals surface area (Å²) in [6.45, 7) is 6.58. The number of carbonyl (C=O) groups excluding carboxylic acids is 1. The summed E-state index contributed by atoms with van der Waals surface area (Å²) in [5, 5.41) is 9.33. The maximum Gasteiger partial charge on any atom is 0.257 e. The van der Waals surface area contributed by atoms with E-state index in [1.807, 2.05) is 50.2 Å². The Hall–Kier alpha value is -3.22. The van der Waals surface area contributed by atoms with Gasteiger partial charge in [-0.05, 0) is 55.7 Å². The minimum atomic E-state index is -0.128. The quantitative estimate of drug-likeness (QED) is 0.390. The van der Waals surface area contributed by atoms with Crippen LogP contribution in [0.25, 0.3) is 0 Å². The van der Waals surface area contributed by atoms with Gasteiger partial charge in [-0.1, -0.05) is 24.3 Å². The van der Waals surface area contributed by atoms with Gasteiger partial charge in [-0.25, -0.2) is 4.99 Å². The number of aliphatic imine (C=N–C) groups is 1. The van der Waals surface area contributed by atoms with Crippen molar-refractivity contribution in [2.24, 2.45) is 4.99 Å². The van der Waals surface area contributed by atoms with Gasteiger partial charge < -0.3 is 25.4 Å². The van der Waals surface area contributed by atoms with E-state index in [9.17, 15) is 4.79 Å². The van der Waals surface area contributed by atoms with Gasteiger partial charge in [0.2, 0.25) is 0 Å². The summed E-state index contributed by atoms with van der Waals surface area (Å²) >= 11 is 0. The van der Waals surface area contributed by atoms with Crippen molar-refractivity contribution >= 4 is 11.9 Å². The predicted molar refractivity (Wildman–Crippen MR) is 120 cm³/mol. The Labute approximate surface area is 178 Å². The first kappa shape index (κ1) is 23.1. The molecule has 3 N–H and O–H groups in total. The minimum Gasteiger partial charge on any atom is -0.497 e. The molecule has 162 valence electrons. The average molecular weight is 413 g/mol. The fourth-order valence-electron chi connectivity index (χ4n) is 2.76. The van der Waals surface area contributed by atoms with Crippen LogP contribution >= 0.6 is 0 Å². The van der Waals surface area contributed by atoms with Gasteiger partial charge in [-0.2, -0.15) is 0 Å². The van der Waals surface area contributed by atoms with E-state index in [1.54, 1.807) is 7.11 Å². The van der Waals surface area contributed by atoms with Crippen LogP contribution in [0.2, 0.25) is 0 Å². The second-order valence-corrected chi connectivity index (χ2v) is 6.61. The predicted octanol–water partition coefficient (Wildman–Crippen LogP) is 2.51. The number of hydrogen-bond acceptors (Lipinski definition) is 4. The van der Waals surface area contributed by atoms with Gasteiger partial charge in [0.05, 0.1) is 13.7 Å². The summed E-state index contributed by atoms with van der Waals surface area (Å²) in [7, 11) is 1.67. The van der Waals surface area contributed by atoms with E-state index < -0.39 is 0 Å². The number of rotatable bonds is 11. The third-order valence-electron chi connectivity index (χ3n) is 4.27. The Balaban J connectivity index is 1.87. The van der Waals surface area contributed by atoms with E-state index in [-0.39, 0.29) is 12.5 Å². The van der Waals surface area contributed by atoms with E-state index in [4.69, 9.17) is 9.47 Å². The second-order valence-electron chi connectivity index (χ2n) is 6.61. The third-order valence-corrected chi connectivity index (χ3v) is 4.27. The fraction of sp³-hybridized carbons (Fsp3) is 0.391. The van der Waals surface area contributed by atoms with Gasteiger partial charge in [0.25, 0.3) is 5.91 Å². The molecule has 30 heavy (non-hydrogen) atoms. The molecule has 7 heteroatoms. The molecule has 7 nitrogen and oxygen atoms in total. The third kappa shape index (κ3) is 8.43. The van der Waals surface area contributed by atoms with Crippen LogP contribution in [0.4, 0.5) is 0 Å². The Bertz CT molecular complexity index is 806. The van der Waals surface area contributed by atoms with Crippen molar-refractivity contribution < 1.29 is 14.3 Å². The molecule has 0 spiro atoms. The van der Waals surface area contributed by atoms with E-state index in [2.05, 4.69) is 33.1 Å². The molecule has 0 saturated heterocycles. The van der Waals surface area contributed by atoms with Gasteiger partial charge in [0.1, 0.15) is 11.5 Å². The number of nitrogens with zero attached hydrogens (tertiary/aromatic N) is 1. The number of nitrogens with one attached hydrogen (secondary N) is 3. The molecule has 0 atom stereocenters. The topological polar surface area (TPSA) is 84.0 Å². The number of benzene rings is 2. The molecule has 2 rings (SSSR count). The van der Waals surface area contributed by atoms with Gasteiger partial charge in [-0.15, -0.1) is 0 Å². The molecule has 0 heterocycles. The molecule has 0 bridgehead atoms. The lowest BCUT2D eigenvalue weighted by Gasteiger charge is -2.12. The number of likely N-dealkylation sites (N-methyl/N-ethyl adjacent to an activating group) is 1. The van der Waals surface area contributed by atoms with Crippen molar-refractivity contribution in [3.8, 4) is 11.5 Å². The number of hydrogen-bond donors (Lipinski definition) is 3. The van der Waals surface area contributed by atoms with Crippen molar-refractivity contribution in [1.82, 2.24) is 16.0 Å². The summed E-state index contributed by atoms with van der Waals surface area (Å²) < 4.78 is 10.7. The first-order valence-electron chi connectivity index (χ1n) is 10.3. The zero-order valence-electron chi connectivity index (χ0n) is 18.0. The average Bonchev–Trinajstić information content (AvgIpc) is 2.77. The second kappa shape index (κ2) is 13.1. The highest BCUT2D eigenvalue weighted by molar-refractivity contribution is 5.79. The number of amides is 1.